The maximum Gasteiger partial charge on any atom is 0.251 e. The Labute approximate surface area is 105 Å². The van der Waals surface area contributed by atoms with E-state index in [1.54, 1.807) is 6.92 Å². The number of nitrogens with two attached hydrogens (primary N) is 1. The summed E-state index contributed by atoms with van der Waals surface area (Å²) in [4.78, 5) is 12.0. The van der Waals surface area contributed by atoms with Crippen LogP contribution in [0.15, 0.2) is 12.1 Å². The van der Waals surface area contributed by atoms with Gasteiger partial charge in [0, 0.05) is 36.1 Å². The van der Waals surface area contributed by atoms with Gasteiger partial charge in [0.05, 0.1) is 0 Å². The van der Waals surface area contributed by atoms with Crippen LogP contribution in [0.3, 0.4) is 0 Å². The first-order valence-corrected chi connectivity index (χ1v) is 6.02. The number of halogens is 1. The predicted octanol–water partition coefficient (Wildman–Crippen LogP) is 1.63. The molecule has 1 fully saturated rings. The molecule has 0 spiro atoms. The smallest absolute Gasteiger partial charge is 0.251 e. The monoisotopic (exact) mass is 252 g/mol. The number of benzene rings is 1. The third kappa shape index (κ3) is 2.79. The van der Waals surface area contributed by atoms with Gasteiger partial charge in [-0.2, -0.15) is 0 Å². The summed E-state index contributed by atoms with van der Waals surface area (Å²) < 4.78 is 18.7. The number of ether oxygens (including phenoxy) is 1. The fourth-order valence-corrected chi connectivity index (χ4v) is 1.94. The average Bonchev–Trinajstić information content (AvgIpc) is 2.36. The van der Waals surface area contributed by atoms with Crippen LogP contribution in [0.4, 0.5) is 10.1 Å². The minimum Gasteiger partial charge on any atom is -0.398 e. The number of hydrogen-bond donors (Lipinski definition) is 2. The fourth-order valence-electron chi connectivity index (χ4n) is 1.94. The maximum atomic E-state index is 13.5. The molecule has 0 atom stereocenters. The van der Waals surface area contributed by atoms with Crippen molar-refractivity contribution in [3.63, 3.8) is 0 Å². The van der Waals surface area contributed by atoms with Crippen LogP contribution >= 0.6 is 0 Å². The molecular weight excluding hydrogens is 235 g/mol. The summed E-state index contributed by atoms with van der Waals surface area (Å²) in [6.07, 6.45) is 1.57. The van der Waals surface area contributed by atoms with Crippen LogP contribution in [0.2, 0.25) is 0 Å². The summed E-state index contributed by atoms with van der Waals surface area (Å²) in [5, 5.41) is 2.87. The number of hydrogen-bond acceptors (Lipinski definition) is 3. The van der Waals surface area contributed by atoms with Gasteiger partial charge in [0.15, 0.2) is 0 Å². The van der Waals surface area contributed by atoms with Crippen molar-refractivity contribution in [2.45, 2.75) is 25.8 Å². The molecule has 1 aliphatic heterocycles. The van der Waals surface area contributed by atoms with Crippen molar-refractivity contribution in [1.29, 1.82) is 0 Å². The average molecular weight is 252 g/mol. The molecule has 0 saturated carbocycles. The molecule has 1 amide bonds. The third-order valence-electron chi connectivity index (χ3n) is 3.20. The van der Waals surface area contributed by atoms with Gasteiger partial charge >= 0.3 is 0 Å². The molecule has 1 saturated heterocycles. The number of nitrogens with one attached hydrogen (secondary N) is 1. The van der Waals surface area contributed by atoms with E-state index < -0.39 is 5.82 Å². The van der Waals surface area contributed by atoms with Crippen molar-refractivity contribution in [3.8, 4) is 0 Å². The second-order valence-electron chi connectivity index (χ2n) is 4.53. The van der Waals surface area contributed by atoms with E-state index in [1.165, 1.54) is 12.1 Å². The van der Waals surface area contributed by atoms with E-state index >= 15 is 0 Å². The van der Waals surface area contributed by atoms with E-state index in [-0.39, 0.29) is 17.5 Å². The van der Waals surface area contributed by atoms with Gasteiger partial charge in [0.25, 0.3) is 5.91 Å². The van der Waals surface area contributed by atoms with Gasteiger partial charge < -0.3 is 15.8 Å². The van der Waals surface area contributed by atoms with Crippen LogP contribution in [0.1, 0.15) is 28.8 Å². The molecule has 0 unspecified atom stereocenters. The first kappa shape index (κ1) is 12.8. The van der Waals surface area contributed by atoms with Crippen LogP contribution in [-0.4, -0.2) is 25.2 Å². The highest BCUT2D eigenvalue weighted by molar-refractivity contribution is 5.95. The standard InChI is InChI=1S/C13H17FN2O2/c1-8-11(14)6-9(7-12(8)15)13(17)16-10-2-4-18-5-3-10/h6-7,10H,2-5,15H2,1H3,(H,16,17). The molecular formula is C13H17FN2O2. The molecule has 1 aromatic carbocycles. The van der Waals surface area contributed by atoms with Crippen LogP contribution < -0.4 is 11.1 Å². The Morgan fingerprint density at radius 2 is 2.11 bits per heavy atom. The van der Waals surface area contributed by atoms with E-state index in [1.807, 2.05) is 0 Å². The van der Waals surface area contributed by atoms with Gasteiger partial charge in [0.2, 0.25) is 0 Å². The Balaban J connectivity index is 2.08. The molecule has 0 aliphatic carbocycles. The zero-order valence-corrected chi connectivity index (χ0v) is 10.3. The lowest BCUT2D eigenvalue weighted by Gasteiger charge is -2.23. The number of rotatable bonds is 2. The third-order valence-corrected chi connectivity index (χ3v) is 3.20. The van der Waals surface area contributed by atoms with Crippen LogP contribution in [0.5, 0.6) is 0 Å². The lowest BCUT2D eigenvalue weighted by Crippen LogP contribution is -2.38. The maximum absolute atomic E-state index is 13.5. The van der Waals surface area contributed by atoms with Crippen molar-refractivity contribution < 1.29 is 13.9 Å². The predicted molar refractivity (Wildman–Crippen MR) is 66.9 cm³/mol. The summed E-state index contributed by atoms with van der Waals surface area (Å²) in [6, 6.07) is 2.82. The summed E-state index contributed by atoms with van der Waals surface area (Å²) in [7, 11) is 0. The zero-order valence-electron chi connectivity index (χ0n) is 10.3. The highest BCUT2D eigenvalue weighted by Gasteiger charge is 2.18. The Morgan fingerprint density at radius 3 is 2.72 bits per heavy atom. The number of nitrogen functional groups attached to an aromatic ring is 1. The van der Waals surface area contributed by atoms with Gasteiger partial charge in [-0.05, 0) is 31.9 Å². The Hall–Kier alpha value is -1.62. The Bertz CT molecular complexity index is 433. The van der Waals surface area contributed by atoms with Gasteiger partial charge in [0.1, 0.15) is 5.82 Å². The number of carbonyl (C=O) groups excluding carboxylic acids is 1. The second kappa shape index (κ2) is 5.35. The van der Waals surface area contributed by atoms with E-state index in [2.05, 4.69) is 5.32 Å². The molecule has 2 rings (SSSR count). The van der Waals surface area contributed by atoms with Crippen LogP contribution in [0, 0.1) is 12.7 Å². The molecule has 1 aromatic rings. The number of amides is 1. The molecule has 3 N–H and O–H groups in total. The molecule has 1 heterocycles. The zero-order chi connectivity index (χ0) is 13.1. The highest BCUT2D eigenvalue weighted by Crippen LogP contribution is 2.18. The Morgan fingerprint density at radius 1 is 1.44 bits per heavy atom. The van der Waals surface area contributed by atoms with Gasteiger partial charge in [-0.25, -0.2) is 4.39 Å². The van der Waals surface area contributed by atoms with E-state index in [9.17, 15) is 9.18 Å². The summed E-state index contributed by atoms with van der Waals surface area (Å²) in [5.41, 5.74) is 6.59. The highest BCUT2D eigenvalue weighted by atomic mass is 19.1. The van der Waals surface area contributed by atoms with Crippen molar-refractivity contribution in [3.05, 3.63) is 29.1 Å². The molecule has 0 aromatic heterocycles. The second-order valence-corrected chi connectivity index (χ2v) is 4.53. The van der Waals surface area contributed by atoms with E-state index in [4.69, 9.17) is 10.5 Å². The molecule has 18 heavy (non-hydrogen) atoms. The molecule has 0 radical (unpaired) electrons. The lowest BCUT2D eigenvalue weighted by molar-refractivity contribution is 0.0696. The van der Waals surface area contributed by atoms with Crippen molar-refractivity contribution >= 4 is 11.6 Å². The largest absolute Gasteiger partial charge is 0.398 e. The van der Waals surface area contributed by atoms with Crippen LogP contribution in [-0.2, 0) is 4.74 Å². The summed E-state index contributed by atoms with van der Waals surface area (Å²) >= 11 is 0. The Kier molecular flexibility index (Phi) is 3.81. The van der Waals surface area contributed by atoms with E-state index in [0.29, 0.717) is 24.5 Å². The first-order valence-electron chi connectivity index (χ1n) is 6.02. The normalized spacial score (nSPS) is 16.6. The summed E-state index contributed by atoms with van der Waals surface area (Å²) in [5.74, 6) is -0.736. The summed E-state index contributed by atoms with van der Waals surface area (Å²) in [6.45, 7) is 2.88. The van der Waals surface area contributed by atoms with Crippen molar-refractivity contribution in [1.82, 2.24) is 5.32 Å². The van der Waals surface area contributed by atoms with Crippen LogP contribution in [0.25, 0.3) is 0 Å². The topological polar surface area (TPSA) is 64.4 Å². The number of anilines is 1. The fraction of sp³-hybridized carbons (Fsp3) is 0.462. The van der Waals surface area contributed by atoms with Gasteiger partial charge in [-0.3, -0.25) is 4.79 Å². The molecule has 98 valence electrons. The van der Waals surface area contributed by atoms with Crippen molar-refractivity contribution in [2.75, 3.05) is 18.9 Å². The molecule has 4 nitrogen and oxygen atoms in total. The number of carbonyl (C=O) groups is 1. The minimum absolute atomic E-state index is 0.0943. The lowest BCUT2D eigenvalue weighted by atomic mass is 10.1. The SMILES string of the molecule is Cc1c(N)cc(C(=O)NC2CCOCC2)cc1F. The van der Waals surface area contributed by atoms with Gasteiger partial charge in [-0.15, -0.1) is 0 Å². The molecule has 5 heteroatoms. The van der Waals surface area contributed by atoms with E-state index in [0.717, 1.165) is 12.8 Å². The van der Waals surface area contributed by atoms with Gasteiger partial charge in [-0.1, -0.05) is 0 Å². The quantitative estimate of drug-likeness (QED) is 0.786. The first-order chi connectivity index (χ1) is 8.58. The van der Waals surface area contributed by atoms with Crippen molar-refractivity contribution in [2.24, 2.45) is 0 Å². The molecule has 0 bridgehead atoms. The molecule has 1 aliphatic rings. The minimum atomic E-state index is -0.452.